The molecule has 72 valence electrons. The first-order valence-electron chi connectivity index (χ1n) is 4.29. The Morgan fingerprint density at radius 3 is 2.77 bits per heavy atom. The Bertz CT molecular complexity index is 264. The summed E-state index contributed by atoms with van der Waals surface area (Å²) in [6, 6.07) is 0. The molecule has 1 aliphatic carbocycles. The van der Waals surface area contributed by atoms with Gasteiger partial charge in [-0.15, -0.1) is 11.6 Å². The van der Waals surface area contributed by atoms with Crippen molar-refractivity contribution in [2.75, 3.05) is 5.88 Å². The van der Waals surface area contributed by atoms with Crippen LogP contribution in [-0.2, 0) is 4.79 Å². The monoisotopic (exact) mass is 200 g/mol. The molecule has 2 nitrogen and oxygen atoms in total. The number of alkyl halides is 1. The molecule has 0 spiro atoms. The molecule has 0 saturated heterocycles. The zero-order chi connectivity index (χ0) is 9.90. The molecule has 1 aliphatic rings. The van der Waals surface area contributed by atoms with E-state index in [9.17, 15) is 9.90 Å². The summed E-state index contributed by atoms with van der Waals surface area (Å²) in [5.41, 5.74) is -0.346. The maximum absolute atomic E-state index is 11.1. The van der Waals surface area contributed by atoms with Crippen molar-refractivity contribution >= 4 is 17.4 Å². The van der Waals surface area contributed by atoms with Crippen molar-refractivity contribution in [2.45, 2.75) is 25.4 Å². The van der Waals surface area contributed by atoms with E-state index in [1.54, 1.807) is 12.2 Å². The zero-order valence-corrected chi connectivity index (χ0v) is 8.34. The van der Waals surface area contributed by atoms with Gasteiger partial charge < -0.3 is 5.11 Å². The van der Waals surface area contributed by atoms with Crippen molar-refractivity contribution in [3.05, 3.63) is 23.8 Å². The van der Waals surface area contributed by atoms with Crippen LogP contribution in [0, 0.1) is 0 Å². The topological polar surface area (TPSA) is 37.3 Å². The molecule has 0 bridgehead atoms. The Labute approximate surface area is 82.9 Å². The molecule has 1 atom stereocenters. The highest BCUT2D eigenvalue weighted by atomic mass is 35.5. The highest BCUT2D eigenvalue weighted by molar-refractivity contribution is 6.17. The molecular formula is C10H13ClO2. The molecule has 0 aromatic carbocycles. The third-order valence-corrected chi connectivity index (χ3v) is 2.28. The standard InChI is InChI=1S/C10H13ClO2/c1-10(13)7-8(3-2-6-11)4-5-9(10)12/h4-5,7,13H,2-3,6H2,1H3. The fraction of sp³-hybridized carbons (Fsp3) is 0.500. The van der Waals surface area contributed by atoms with Crippen LogP contribution in [-0.4, -0.2) is 22.4 Å². The lowest BCUT2D eigenvalue weighted by atomic mass is 9.91. The van der Waals surface area contributed by atoms with Gasteiger partial charge in [-0.05, 0) is 37.5 Å². The average Bonchev–Trinajstić information content (AvgIpc) is 2.07. The second-order valence-electron chi connectivity index (χ2n) is 3.36. The zero-order valence-electron chi connectivity index (χ0n) is 7.59. The van der Waals surface area contributed by atoms with Gasteiger partial charge >= 0.3 is 0 Å². The molecular weight excluding hydrogens is 188 g/mol. The number of allylic oxidation sites excluding steroid dienone is 2. The van der Waals surface area contributed by atoms with Crippen molar-refractivity contribution in [3.63, 3.8) is 0 Å². The third kappa shape index (κ3) is 2.68. The first-order valence-corrected chi connectivity index (χ1v) is 4.82. The van der Waals surface area contributed by atoms with Gasteiger partial charge in [0, 0.05) is 5.88 Å². The molecule has 0 fully saturated rings. The Kier molecular flexibility index (Phi) is 3.28. The third-order valence-electron chi connectivity index (χ3n) is 2.01. The maximum atomic E-state index is 11.1. The van der Waals surface area contributed by atoms with Crippen LogP contribution in [0.25, 0.3) is 0 Å². The second-order valence-corrected chi connectivity index (χ2v) is 3.73. The summed E-state index contributed by atoms with van der Waals surface area (Å²) in [6.45, 7) is 1.50. The van der Waals surface area contributed by atoms with Crippen LogP contribution in [0.1, 0.15) is 19.8 Å². The minimum atomic E-state index is -1.32. The van der Waals surface area contributed by atoms with Gasteiger partial charge in [-0.3, -0.25) is 4.79 Å². The van der Waals surface area contributed by atoms with Crippen LogP contribution >= 0.6 is 11.6 Å². The van der Waals surface area contributed by atoms with E-state index in [2.05, 4.69) is 0 Å². The van der Waals surface area contributed by atoms with Gasteiger partial charge in [0.15, 0.2) is 5.78 Å². The lowest BCUT2D eigenvalue weighted by Crippen LogP contribution is -2.33. The number of hydrogen-bond donors (Lipinski definition) is 1. The number of carbonyl (C=O) groups is 1. The van der Waals surface area contributed by atoms with E-state index < -0.39 is 5.60 Å². The van der Waals surface area contributed by atoms with E-state index in [1.807, 2.05) is 0 Å². The minimum Gasteiger partial charge on any atom is -0.378 e. The van der Waals surface area contributed by atoms with Gasteiger partial charge in [-0.2, -0.15) is 0 Å². The molecule has 0 aliphatic heterocycles. The highest BCUT2D eigenvalue weighted by Gasteiger charge is 2.27. The molecule has 1 N–H and O–H groups in total. The first kappa shape index (κ1) is 10.5. The van der Waals surface area contributed by atoms with Crippen LogP contribution < -0.4 is 0 Å². The van der Waals surface area contributed by atoms with Crippen LogP contribution in [0.2, 0.25) is 0 Å². The van der Waals surface area contributed by atoms with Gasteiger partial charge in [0.25, 0.3) is 0 Å². The lowest BCUT2D eigenvalue weighted by molar-refractivity contribution is -0.126. The Balaban J connectivity index is 2.68. The number of ketones is 1. The number of rotatable bonds is 3. The van der Waals surface area contributed by atoms with Crippen molar-refractivity contribution in [3.8, 4) is 0 Å². The molecule has 0 saturated carbocycles. The summed E-state index contributed by atoms with van der Waals surface area (Å²) in [5, 5.41) is 9.60. The molecule has 0 aromatic rings. The molecule has 0 radical (unpaired) electrons. The number of carbonyl (C=O) groups excluding carboxylic acids is 1. The summed E-state index contributed by atoms with van der Waals surface area (Å²) in [4.78, 5) is 11.1. The van der Waals surface area contributed by atoms with Gasteiger partial charge in [0.1, 0.15) is 5.60 Å². The smallest absolute Gasteiger partial charge is 0.190 e. The predicted molar refractivity (Wildman–Crippen MR) is 52.8 cm³/mol. The molecule has 0 amide bonds. The quantitative estimate of drug-likeness (QED) is 0.706. The minimum absolute atomic E-state index is 0.262. The van der Waals surface area contributed by atoms with E-state index in [4.69, 9.17) is 11.6 Å². The van der Waals surface area contributed by atoms with Crippen LogP contribution in [0.4, 0.5) is 0 Å². The number of halogens is 1. The largest absolute Gasteiger partial charge is 0.378 e. The summed E-state index contributed by atoms with van der Waals surface area (Å²) in [5.74, 6) is 0.337. The van der Waals surface area contributed by atoms with Gasteiger partial charge in [-0.25, -0.2) is 0 Å². The summed E-state index contributed by atoms with van der Waals surface area (Å²) < 4.78 is 0. The Hall–Kier alpha value is -0.600. The molecule has 1 rings (SSSR count). The van der Waals surface area contributed by atoms with Gasteiger partial charge in [-0.1, -0.05) is 6.08 Å². The van der Waals surface area contributed by atoms with Crippen molar-refractivity contribution in [1.82, 2.24) is 0 Å². The number of hydrogen-bond acceptors (Lipinski definition) is 2. The Morgan fingerprint density at radius 1 is 1.54 bits per heavy atom. The van der Waals surface area contributed by atoms with Crippen LogP contribution in [0.15, 0.2) is 23.8 Å². The molecule has 0 heterocycles. The second kappa shape index (κ2) is 4.07. The van der Waals surface area contributed by atoms with E-state index in [1.165, 1.54) is 13.0 Å². The SMILES string of the molecule is CC1(O)C=C(CCCCl)C=CC1=O. The van der Waals surface area contributed by atoms with E-state index in [0.717, 1.165) is 18.4 Å². The van der Waals surface area contributed by atoms with Crippen LogP contribution in [0.3, 0.4) is 0 Å². The first-order chi connectivity index (χ1) is 6.06. The summed E-state index contributed by atoms with van der Waals surface area (Å²) in [7, 11) is 0. The van der Waals surface area contributed by atoms with Crippen molar-refractivity contribution in [1.29, 1.82) is 0 Å². The van der Waals surface area contributed by atoms with E-state index in [0.29, 0.717) is 5.88 Å². The molecule has 3 heteroatoms. The lowest BCUT2D eigenvalue weighted by Gasteiger charge is -2.20. The summed E-state index contributed by atoms with van der Waals surface area (Å²) >= 11 is 5.54. The van der Waals surface area contributed by atoms with Gasteiger partial charge in [0.2, 0.25) is 0 Å². The average molecular weight is 201 g/mol. The molecule has 13 heavy (non-hydrogen) atoms. The van der Waals surface area contributed by atoms with E-state index >= 15 is 0 Å². The Morgan fingerprint density at radius 2 is 2.23 bits per heavy atom. The van der Waals surface area contributed by atoms with Crippen molar-refractivity contribution < 1.29 is 9.90 Å². The van der Waals surface area contributed by atoms with E-state index in [-0.39, 0.29) is 5.78 Å². The fourth-order valence-corrected chi connectivity index (χ4v) is 1.39. The van der Waals surface area contributed by atoms with Crippen molar-refractivity contribution in [2.24, 2.45) is 0 Å². The summed E-state index contributed by atoms with van der Waals surface area (Å²) in [6.07, 6.45) is 6.43. The molecule has 0 aromatic heterocycles. The normalized spacial score (nSPS) is 27.6. The van der Waals surface area contributed by atoms with Gasteiger partial charge in [0.05, 0.1) is 0 Å². The fourth-order valence-electron chi connectivity index (χ4n) is 1.26. The molecule has 1 unspecified atom stereocenters. The maximum Gasteiger partial charge on any atom is 0.190 e. The highest BCUT2D eigenvalue weighted by Crippen LogP contribution is 2.20. The predicted octanol–water partition coefficient (Wildman–Crippen LogP) is 1.82. The van der Waals surface area contributed by atoms with Crippen LogP contribution in [0.5, 0.6) is 0 Å². The number of aliphatic hydroxyl groups is 1.